The molecule has 0 radical (unpaired) electrons. The molecule has 0 aliphatic heterocycles. The van der Waals surface area contributed by atoms with Crippen LogP contribution in [0.15, 0.2) is 12.2 Å². The van der Waals surface area contributed by atoms with Crippen molar-refractivity contribution in [1.82, 2.24) is 0 Å². The van der Waals surface area contributed by atoms with Gasteiger partial charge >= 0.3 is 57.3 Å². The average Bonchev–Trinajstić information content (AvgIpc) is 2.78. The van der Waals surface area contributed by atoms with Crippen LogP contribution in [0, 0.1) is 0 Å². The van der Waals surface area contributed by atoms with Crippen LogP contribution in [0.1, 0.15) is 13.3 Å². The van der Waals surface area contributed by atoms with Gasteiger partial charge in [0.25, 0.3) is 0 Å². The van der Waals surface area contributed by atoms with Crippen molar-refractivity contribution in [2.75, 3.05) is 6.61 Å². The fraction of sp³-hybridized carbons (Fsp3) is 0.912. The third-order valence-corrected chi connectivity index (χ3v) is 109. The van der Waals surface area contributed by atoms with E-state index in [9.17, 15) is 4.79 Å². The lowest BCUT2D eigenvalue weighted by atomic mass is 10.4. The number of hydrogen-bond donors (Lipinski definition) is 0. The Balaban J connectivity index is 8.01. The molecule has 0 spiro atoms. The summed E-state index contributed by atoms with van der Waals surface area (Å²) in [5.41, 5.74) is 0.393. The number of rotatable bonds is 26. The Hall–Kier alpha value is 1.67. The predicted molar refractivity (Wildman–Crippen MR) is 278 cm³/mol. The van der Waals surface area contributed by atoms with Crippen LogP contribution >= 0.6 is 0 Å². The first-order valence-electron chi connectivity index (χ1n) is 21.1. The van der Waals surface area contributed by atoms with E-state index < -0.39 is 106 Å². The summed E-state index contributed by atoms with van der Waals surface area (Å²) in [7, 11) is -30.4. The van der Waals surface area contributed by atoms with Crippen molar-refractivity contribution in [3.63, 3.8) is 0 Å². The Bertz CT molecular complexity index is 1250. The van der Waals surface area contributed by atoms with E-state index in [1.165, 1.54) is 0 Å². The molecule has 58 heavy (non-hydrogen) atoms. The van der Waals surface area contributed by atoms with Crippen molar-refractivity contribution in [3.8, 4) is 0 Å². The molecule has 0 saturated carbocycles. The van der Waals surface area contributed by atoms with Crippen molar-refractivity contribution < 1.29 is 46.6 Å². The monoisotopic (exact) mass is 1040 g/mol. The van der Waals surface area contributed by atoms with E-state index >= 15 is 0 Å². The van der Waals surface area contributed by atoms with Gasteiger partial charge in [-0.2, -0.15) is 0 Å². The van der Waals surface area contributed by atoms with E-state index in [0.29, 0.717) is 12.0 Å². The second-order valence-corrected chi connectivity index (χ2v) is 94.3. The molecule has 0 atom stereocenters. The maximum Gasteiger partial charge on any atom is 0.333 e. The SMILES string of the molecule is C=C(C)C(=O)OCCC[Si]([Si](C)(C)O[Si](C)(C)O[Si](C)(C)O[Si](C)(C)C)([Si](C)(C)O[Si](C)(C)O[Si](C)(C)O[Si](C)(C)C)[Si](C)(C)O[Si](C)(C)O[Si](C)(C)O[Si](C)(C)C. The molecule has 0 heterocycles. The van der Waals surface area contributed by atoms with E-state index in [0.717, 1.165) is 6.04 Å². The summed E-state index contributed by atoms with van der Waals surface area (Å²) in [4.78, 5) is 12.7. The standard InChI is InChI=1S/C34H92O11Si13/c1-33(2)34(35)36-31-30-32-58(55(24,25)43-52(18,19)40-49(12,13)37-46(3,4)5,56(26,27)44-53(20,21)41-50(14,15)38-47(6,7)8)57(28,29)45-54(22,23)42-51(16,17)39-48(9,10)11/h1,30-32H2,2-29H3. The van der Waals surface area contributed by atoms with Crippen molar-refractivity contribution in [2.45, 2.75) is 196 Å². The first kappa shape index (κ1) is 59.7. The van der Waals surface area contributed by atoms with Crippen LogP contribution < -0.4 is 0 Å². The zero-order valence-electron chi connectivity index (χ0n) is 42.8. The molecule has 0 fully saturated rings. The molecule has 0 rings (SSSR count). The van der Waals surface area contributed by atoms with Gasteiger partial charge in [-0.25, -0.2) is 4.79 Å². The van der Waals surface area contributed by atoms with Gasteiger partial charge in [-0.15, -0.1) is 0 Å². The molecule has 0 amide bonds. The molecule has 0 aromatic rings. The normalized spacial score (nSPS) is 15.5. The average molecular weight is 1040 g/mol. The van der Waals surface area contributed by atoms with Crippen LogP contribution in [0.5, 0.6) is 0 Å². The minimum Gasteiger partial charge on any atom is -0.462 e. The Labute approximate surface area is 371 Å². The van der Waals surface area contributed by atoms with Gasteiger partial charge in [-0.05, 0) is 190 Å². The van der Waals surface area contributed by atoms with Crippen LogP contribution in [0.3, 0.4) is 0 Å². The number of ether oxygens (including phenoxy) is 1. The quantitative estimate of drug-likeness (QED) is 0.0357. The second kappa shape index (κ2) is 20.0. The molecule has 0 saturated heterocycles. The fourth-order valence-corrected chi connectivity index (χ4v) is 148. The smallest absolute Gasteiger partial charge is 0.333 e. The highest BCUT2D eigenvalue weighted by atomic mass is 29.9. The minimum atomic E-state index is -2.92. The maximum atomic E-state index is 12.7. The summed E-state index contributed by atoms with van der Waals surface area (Å²) in [5.74, 6) is -0.370. The molecule has 0 aromatic carbocycles. The minimum absolute atomic E-state index is 0.282. The number of carbonyl (C=O) groups excluding carboxylic acids is 1. The first-order valence-corrected chi connectivity index (χ1v) is 62.1. The summed E-state index contributed by atoms with van der Waals surface area (Å²) in [6.45, 7) is 63.3. The predicted octanol–water partition coefficient (Wildman–Crippen LogP) is 11.7. The van der Waals surface area contributed by atoms with Gasteiger partial charge in [0.15, 0.2) is 48.5 Å². The van der Waals surface area contributed by atoms with Gasteiger partial charge in [-0.3, -0.25) is 0 Å². The summed E-state index contributed by atoms with van der Waals surface area (Å²) in [6, 6.07) is 0.818. The molecule has 0 aliphatic rings. The molecule has 0 N–H and O–H groups in total. The van der Waals surface area contributed by atoms with Crippen molar-refractivity contribution in [3.05, 3.63) is 12.2 Å². The van der Waals surface area contributed by atoms with Crippen LogP contribution in [0.4, 0.5) is 0 Å². The first-order chi connectivity index (χ1) is 24.9. The third-order valence-electron chi connectivity index (χ3n) is 8.99. The Morgan fingerprint density at radius 1 is 0.379 bits per heavy atom. The Morgan fingerprint density at radius 3 is 0.810 bits per heavy atom. The second-order valence-electron chi connectivity index (χ2n) is 23.1. The molecule has 0 aliphatic carbocycles. The molecule has 11 nitrogen and oxygen atoms in total. The van der Waals surface area contributed by atoms with Gasteiger partial charge in [0.1, 0.15) is 6.63 Å². The Kier molecular flexibility index (Phi) is 20.6. The molecular weight excluding hydrogens is 949 g/mol. The van der Waals surface area contributed by atoms with Crippen LogP contribution in [-0.2, 0) is 46.6 Å². The fourth-order valence-electron chi connectivity index (χ4n) is 9.92. The molecule has 346 valence electrons. The topological polar surface area (TPSA) is 109 Å². The number of esters is 1. The van der Waals surface area contributed by atoms with Crippen LogP contribution in [0.25, 0.3) is 0 Å². The van der Waals surface area contributed by atoms with Crippen molar-refractivity contribution >= 4 is 112 Å². The summed E-state index contributed by atoms with van der Waals surface area (Å²) < 4.78 is 70.7. The van der Waals surface area contributed by atoms with Gasteiger partial charge in [0.2, 0.25) is 0 Å². The van der Waals surface area contributed by atoms with Crippen molar-refractivity contribution in [2.24, 2.45) is 0 Å². The number of hydrogen-bond acceptors (Lipinski definition) is 11. The number of carbonyl (C=O) groups is 1. The summed E-state index contributed by atoms with van der Waals surface area (Å²) >= 11 is 0. The van der Waals surface area contributed by atoms with Gasteiger partial charge in [0, 0.05) is 5.57 Å². The molecule has 0 aromatic heterocycles. The van der Waals surface area contributed by atoms with E-state index in [1.807, 2.05) is 0 Å². The molecular formula is C34H92O11Si13. The summed E-state index contributed by atoms with van der Waals surface area (Å²) in [5, 5.41) is 0. The lowest BCUT2D eigenvalue weighted by Gasteiger charge is -2.61. The van der Waals surface area contributed by atoms with Crippen molar-refractivity contribution in [1.29, 1.82) is 0 Å². The van der Waals surface area contributed by atoms with E-state index in [1.54, 1.807) is 6.92 Å². The Morgan fingerprint density at radius 2 is 0.603 bits per heavy atom. The lowest BCUT2D eigenvalue weighted by molar-refractivity contribution is -0.138. The van der Waals surface area contributed by atoms with E-state index in [-0.39, 0.29) is 12.6 Å². The zero-order valence-corrected chi connectivity index (χ0v) is 55.8. The molecule has 24 heteroatoms. The molecule has 0 bridgehead atoms. The lowest BCUT2D eigenvalue weighted by Crippen LogP contribution is -2.89. The van der Waals surface area contributed by atoms with Crippen LogP contribution in [0.2, 0.25) is 183 Å². The summed E-state index contributed by atoms with van der Waals surface area (Å²) in [6.07, 6.45) is 0.663. The highest BCUT2D eigenvalue weighted by Crippen LogP contribution is 2.46. The zero-order chi connectivity index (χ0) is 46.8. The van der Waals surface area contributed by atoms with Gasteiger partial charge in [-0.1, -0.05) is 12.6 Å². The molecule has 0 unspecified atom stereocenters. The van der Waals surface area contributed by atoms with E-state index in [4.69, 9.17) is 41.8 Å². The third kappa shape index (κ3) is 20.7. The highest BCUT2D eigenvalue weighted by Gasteiger charge is 2.73. The maximum absolute atomic E-state index is 12.7. The highest BCUT2D eigenvalue weighted by molar-refractivity contribution is 7.88. The van der Waals surface area contributed by atoms with Crippen LogP contribution in [-0.4, -0.2) is 119 Å². The van der Waals surface area contributed by atoms with Gasteiger partial charge in [0.05, 0.1) is 6.61 Å². The largest absolute Gasteiger partial charge is 0.462 e. The van der Waals surface area contributed by atoms with Gasteiger partial charge < -0.3 is 41.8 Å². The van der Waals surface area contributed by atoms with E-state index in [2.05, 4.69) is 183 Å².